The second-order valence-electron chi connectivity index (χ2n) is 4.42. The molecule has 0 aliphatic rings. The molecule has 2 aromatic rings. The first-order chi connectivity index (χ1) is 9.02. The number of aromatic nitrogens is 1. The summed E-state index contributed by atoms with van der Waals surface area (Å²) in [5.74, 6) is 5.67. The Morgan fingerprint density at radius 3 is 2.63 bits per heavy atom. The van der Waals surface area contributed by atoms with Gasteiger partial charge in [0, 0.05) is 11.1 Å². The maximum Gasteiger partial charge on any atom is 0.387 e. The lowest BCUT2D eigenvalue weighted by atomic mass is 10.1. The van der Waals surface area contributed by atoms with Crippen molar-refractivity contribution in [3.8, 4) is 5.75 Å². The summed E-state index contributed by atoms with van der Waals surface area (Å²) < 4.78 is 29.3. The lowest BCUT2D eigenvalue weighted by molar-refractivity contribution is -0.0489. The Kier molecular flexibility index (Phi) is 3.80. The van der Waals surface area contributed by atoms with E-state index in [4.69, 9.17) is 5.84 Å². The second-order valence-corrected chi connectivity index (χ2v) is 4.42. The zero-order chi connectivity index (χ0) is 14.0. The van der Waals surface area contributed by atoms with Crippen molar-refractivity contribution in [1.29, 1.82) is 0 Å². The van der Waals surface area contributed by atoms with Crippen molar-refractivity contribution in [3.05, 3.63) is 30.0 Å². The minimum Gasteiger partial charge on any atom is -0.432 e. The normalized spacial score (nSPS) is 11.3. The van der Waals surface area contributed by atoms with Gasteiger partial charge in [-0.1, -0.05) is 26.0 Å². The number of ether oxygens (including phenoxy) is 1. The van der Waals surface area contributed by atoms with Crippen LogP contribution >= 0.6 is 0 Å². The van der Waals surface area contributed by atoms with Gasteiger partial charge in [-0.2, -0.15) is 8.78 Å². The van der Waals surface area contributed by atoms with E-state index in [1.165, 1.54) is 6.07 Å². The molecule has 1 heterocycles. The van der Waals surface area contributed by atoms with Crippen LogP contribution in [0, 0.1) is 0 Å². The second kappa shape index (κ2) is 5.36. The maximum atomic E-state index is 12.4. The lowest BCUT2D eigenvalue weighted by Crippen LogP contribution is -2.10. The first kappa shape index (κ1) is 13.5. The van der Waals surface area contributed by atoms with E-state index in [0.717, 1.165) is 5.69 Å². The summed E-state index contributed by atoms with van der Waals surface area (Å²) in [6.07, 6.45) is 0. The monoisotopic (exact) mass is 267 g/mol. The summed E-state index contributed by atoms with van der Waals surface area (Å²) in [7, 11) is 0. The van der Waals surface area contributed by atoms with Gasteiger partial charge in [0.2, 0.25) is 0 Å². The van der Waals surface area contributed by atoms with E-state index in [-0.39, 0.29) is 11.7 Å². The molecule has 1 aromatic heterocycles. The van der Waals surface area contributed by atoms with Crippen LogP contribution in [-0.2, 0) is 0 Å². The number of nitrogens with zero attached hydrogens (tertiary/aromatic N) is 1. The molecule has 4 nitrogen and oxygen atoms in total. The Bertz CT molecular complexity index is 587. The minimum atomic E-state index is -2.88. The number of rotatable bonds is 4. The molecule has 0 atom stereocenters. The molecule has 1 aromatic carbocycles. The summed E-state index contributed by atoms with van der Waals surface area (Å²) in [5.41, 5.74) is 4.33. The fourth-order valence-electron chi connectivity index (χ4n) is 1.85. The molecule has 19 heavy (non-hydrogen) atoms. The number of para-hydroxylation sites is 1. The molecular weight excluding hydrogens is 252 g/mol. The van der Waals surface area contributed by atoms with E-state index in [2.05, 4.69) is 15.1 Å². The number of fused-ring (bicyclic) bond motifs is 1. The molecule has 0 amide bonds. The molecule has 0 saturated carbocycles. The van der Waals surface area contributed by atoms with Gasteiger partial charge in [-0.05, 0) is 18.1 Å². The molecule has 0 radical (unpaired) electrons. The van der Waals surface area contributed by atoms with Gasteiger partial charge in [-0.3, -0.25) is 5.84 Å². The van der Waals surface area contributed by atoms with Gasteiger partial charge in [-0.15, -0.1) is 0 Å². The Labute approximate surface area is 109 Å². The number of nitrogen functional groups attached to an aromatic ring is 1. The maximum absolute atomic E-state index is 12.4. The number of nitrogens with two attached hydrogens (primary N) is 1. The number of hydrogen-bond donors (Lipinski definition) is 2. The third-order valence-electron chi connectivity index (χ3n) is 2.79. The standard InChI is InChI=1S/C13H15F2N3O/c1-7(2)9-6-10(18-16)8-4-3-5-11(12(8)17-9)19-13(14)15/h3-7,13H,16H2,1-2H3,(H,17,18). The number of alkyl halides is 2. The van der Waals surface area contributed by atoms with Crippen LogP contribution in [0.1, 0.15) is 25.5 Å². The van der Waals surface area contributed by atoms with Crippen LogP contribution < -0.4 is 16.0 Å². The van der Waals surface area contributed by atoms with Crippen molar-refractivity contribution in [2.75, 3.05) is 5.43 Å². The molecule has 0 aliphatic carbocycles. The molecule has 2 rings (SSSR count). The Morgan fingerprint density at radius 1 is 1.32 bits per heavy atom. The first-order valence-electron chi connectivity index (χ1n) is 5.88. The molecule has 3 N–H and O–H groups in total. The van der Waals surface area contributed by atoms with Gasteiger partial charge >= 0.3 is 6.61 Å². The van der Waals surface area contributed by atoms with E-state index < -0.39 is 6.61 Å². The SMILES string of the molecule is CC(C)c1cc(NN)c2cccc(OC(F)F)c2n1. The average Bonchev–Trinajstić information content (AvgIpc) is 2.37. The molecule has 0 bridgehead atoms. The highest BCUT2D eigenvalue weighted by molar-refractivity contribution is 5.95. The predicted octanol–water partition coefficient (Wildman–Crippen LogP) is 3.25. The Morgan fingerprint density at radius 2 is 2.05 bits per heavy atom. The van der Waals surface area contributed by atoms with Crippen molar-refractivity contribution in [1.82, 2.24) is 4.98 Å². The van der Waals surface area contributed by atoms with Crippen LogP contribution in [-0.4, -0.2) is 11.6 Å². The number of hydrogen-bond acceptors (Lipinski definition) is 4. The molecule has 102 valence electrons. The molecule has 0 spiro atoms. The molecule has 0 fully saturated rings. The van der Waals surface area contributed by atoms with Gasteiger partial charge in [0.1, 0.15) is 5.52 Å². The molecule has 6 heteroatoms. The van der Waals surface area contributed by atoms with Crippen molar-refractivity contribution in [2.45, 2.75) is 26.4 Å². The minimum absolute atomic E-state index is 0.0477. The fourth-order valence-corrected chi connectivity index (χ4v) is 1.85. The number of halogens is 2. The Balaban J connectivity index is 2.68. The van der Waals surface area contributed by atoms with Crippen LogP contribution in [0.5, 0.6) is 5.75 Å². The molecule has 0 saturated heterocycles. The fraction of sp³-hybridized carbons (Fsp3) is 0.308. The number of nitrogens with one attached hydrogen (secondary N) is 1. The summed E-state index contributed by atoms with van der Waals surface area (Å²) in [4.78, 5) is 4.38. The van der Waals surface area contributed by atoms with E-state index in [0.29, 0.717) is 16.6 Å². The molecular formula is C13H15F2N3O. The number of pyridine rings is 1. The van der Waals surface area contributed by atoms with Crippen molar-refractivity contribution in [2.24, 2.45) is 5.84 Å². The van der Waals surface area contributed by atoms with Crippen LogP contribution in [0.15, 0.2) is 24.3 Å². The van der Waals surface area contributed by atoms with Crippen LogP contribution in [0.4, 0.5) is 14.5 Å². The summed E-state index contributed by atoms with van der Waals surface area (Å²) in [6.45, 7) is 1.04. The summed E-state index contributed by atoms with van der Waals surface area (Å²) in [5, 5.41) is 0.644. The highest BCUT2D eigenvalue weighted by Crippen LogP contribution is 2.32. The van der Waals surface area contributed by atoms with E-state index in [1.54, 1.807) is 18.2 Å². The largest absolute Gasteiger partial charge is 0.432 e. The third-order valence-corrected chi connectivity index (χ3v) is 2.79. The van der Waals surface area contributed by atoms with Gasteiger partial charge in [0.05, 0.1) is 5.69 Å². The first-order valence-corrected chi connectivity index (χ1v) is 5.88. The summed E-state index contributed by atoms with van der Waals surface area (Å²) in [6, 6.07) is 6.64. The van der Waals surface area contributed by atoms with Gasteiger partial charge in [-0.25, -0.2) is 4.98 Å². The number of hydrazine groups is 1. The highest BCUT2D eigenvalue weighted by Gasteiger charge is 2.14. The summed E-state index contributed by atoms with van der Waals surface area (Å²) >= 11 is 0. The zero-order valence-corrected chi connectivity index (χ0v) is 10.7. The van der Waals surface area contributed by atoms with E-state index in [9.17, 15) is 8.78 Å². The predicted molar refractivity (Wildman–Crippen MR) is 70.3 cm³/mol. The lowest BCUT2D eigenvalue weighted by Gasteiger charge is -2.13. The molecule has 0 unspecified atom stereocenters. The number of anilines is 1. The third kappa shape index (κ3) is 2.73. The van der Waals surface area contributed by atoms with Crippen molar-refractivity contribution >= 4 is 16.6 Å². The topological polar surface area (TPSA) is 60.2 Å². The van der Waals surface area contributed by atoms with E-state index in [1.807, 2.05) is 13.8 Å². The van der Waals surface area contributed by atoms with Crippen molar-refractivity contribution < 1.29 is 13.5 Å². The van der Waals surface area contributed by atoms with Crippen LogP contribution in [0.3, 0.4) is 0 Å². The van der Waals surface area contributed by atoms with Gasteiger partial charge < -0.3 is 10.2 Å². The van der Waals surface area contributed by atoms with E-state index >= 15 is 0 Å². The number of benzene rings is 1. The highest BCUT2D eigenvalue weighted by atomic mass is 19.3. The van der Waals surface area contributed by atoms with Gasteiger partial charge in [0.25, 0.3) is 0 Å². The average molecular weight is 267 g/mol. The zero-order valence-electron chi connectivity index (χ0n) is 10.7. The van der Waals surface area contributed by atoms with Crippen LogP contribution in [0.2, 0.25) is 0 Å². The smallest absolute Gasteiger partial charge is 0.387 e. The van der Waals surface area contributed by atoms with Gasteiger partial charge in [0.15, 0.2) is 5.75 Å². The Hall–Kier alpha value is -1.95. The van der Waals surface area contributed by atoms with Crippen LogP contribution in [0.25, 0.3) is 10.9 Å². The molecule has 0 aliphatic heterocycles. The quantitative estimate of drug-likeness (QED) is 0.659. The van der Waals surface area contributed by atoms with Crippen molar-refractivity contribution in [3.63, 3.8) is 0 Å².